The second-order valence-electron chi connectivity index (χ2n) is 7.05. The molecule has 0 aliphatic heterocycles. The van der Waals surface area contributed by atoms with Crippen molar-refractivity contribution in [3.05, 3.63) is 11.6 Å². The van der Waals surface area contributed by atoms with Gasteiger partial charge in [0.1, 0.15) is 0 Å². The highest BCUT2D eigenvalue weighted by atomic mass is 14.6. The molecule has 0 aromatic heterocycles. The van der Waals surface area contributed by atoms with Crippen LogP contribution < -0.4 is 5.73 Å². The summed E-state index contributed by atoms with van der Waals surface area (Å²) < 4.78 is 0. The van der Waals surface area contributed by atoms with Gasteiger partial charge in [-0.25, -0.2) is 0 Å². The minimum Gasteiger partial charge on any atom is -0.327 e. The molecule has 0 unspecified atom stereocenters. The number of nitrogens with two attached hydrogens (primary N) is 1. The zero-order chi connectivity index (χ0) is 12.0. The van der Waals surface area contributed by atoms with E-state index in [9.17, 15) is 0 Å². The van der Waals surface area contributed by atoms with E-state index in [-0.39, 0.29) is 0 Å². The van der Waals surface area contributed by atoms with E-state index in [0.717, 1.165) is 36.1 Å². The van der Waals surface area contributed by atoms with E-state index < -0.39 is 0 Å². The largest absolute Gasteiger partial charge is 0.327 e. The predicted octanol–water partition coefficient (Wildman–Crippen LogP) is 3.60. The van der Waals surface area contributed by atoms with Gasteiger partial charge in [0.25, 0.3) is 0 Å². The van der Waals surface area contributed by atoms with Crippen LogP contribution in [0.4, 0.5) is 0 Å². The van der Waals surface area contributed by atoms with Crippen molar-refractivity contribution in [2.75, 3.05) is 6.54 Å². The molecule has 0 heterocycles. The summed E-state index contributed by atoms with van der Waals surface area (Å²) in [6.07, 6.45) is 9.98. The van der Waals surface area contributed by atoms with Crippen LogP contribution in [-0.2, 0) is 0 Å². The van der Waals surface area contributed by atoms with Crippen LogP contribution >= 0.6 is 0 Å². The van der Waals surface area contributed by atoms with Gasteiger partial charge >= 0.3 is 0 Å². The molecule has 4 fully saturated rings. The lowest BCUT2D eigenvalue weighted by Gasteiger charge is -2.55. The minimum absolute atomic E-state index is 0.695. The standard InChI is InChI=1S/C16H27N/c1-10(2)15(3-4-17)16-13-6-11-5-12(8-13)9-14(16)7-11/h3,10-14,16H,4-9,17H2,1-2H3/b15-3+. The average Bonchev–Trinajstić information content (AvgIpc) is 2.26. The molecule has 4 aliphatic rings. The van der Waals surface area contributed by atoms with Gasteiger partial charge in [0, 0.05) is 6.54 Å². The van der Waals surface area contributed by atoms with Crippen molar-refractivity contribution in [2.24, 2.45) is 41.2 Å². The zero-order valence-electron chi connectivity index (χ0n) is 11.4. The number of allylic oxidation sites excluding steroid dienone is 1. The maximum atomic E-state index is 5.78. The van der Waals surface area contributed by atoms with Crippen LogP contribution in [-0.4, -0.2) is 6.54 Å². The quantitative estimate of drug-likeness (QED) is 0.741. The van der Waals surface area contributed by atoms with Crippen molar-refractivity contribution in [3.8, 4) is 0 Å². The fourth-order valence-corrected chi connectivity index (χ4v) is 5.36. The molecule has 0 saturated heterocycles. The van der Waals surface area contributed by atoms with E-state index >= 15 is 0 Å². The summed E-state index contributed by atoms with van der Waals surface area (Å²) >= 11 is 0. The molecule has 17 heavy (non-hydrogen) atoms. The van der Waals surface area contributed by atoms with E-state index in [1.165, 1.54) is 25.7 Å². The van der Waals surface area contributed by atoms with Crippen LogP contribution in [0.3, 0.4) is 0 Å². The first-order chi connectivity index (χ1) is 8.19. The molecule has 0 atom stereocenters. The molecule has 0 aromatic rings. The Kier molecular flexibility index (Phi) is 3.06. The van der Waals surface area contributed by atoms with Crippen molar-refractivity contribution in [2.45, 2.75) is 46.0 Å². The molecule has 4 saturated carbocycles. The van der Waals surface area contributed by atoms with E-state index in [1.54, 1.807) is 12.0 Å². The fourth-order valence-electron chi connectivity index (χ4n) is 5.36. The van der Waals surface area contributed by atoms with Gasteiger partial charge in [0.2, 0.25) is 0 Å². The Morgan fingerprint density at radius 1 is 1.06 bits per heavy atom. The molecule has 4 aliphatic carbocycles. The maximum Gasteiger partial charge on any atom is 0.0109 e. The zero-order valence-corrected chi connectivity index (χ0v) is 11.4. The molecule has 0 spiro atoms. The first kappa shape index (κ1) is 11.8. The van der Waals surface area contributed by atoms with E-state index in [1.807, 2.05) is 0 Å². The third-order valence-corrected chi connectivity index (χ3v) is 5.63. The van der Waals surface area contributed by atoms with Crippen molar-refractivity contribution in [1.29, 1.82) is 0 Å². The molecule has 2 N–H and O–H groups in total. The smallest absolute Gasteiger partial charge is 0.0109 e. The third-order valence-electron chi connectivity index (χ3n) is 5.63. The third kappa shape index (κ3) is 1.97. The highest BCUT2D eigenvalue weighted by molar-refractivity contribution is 5.17. The van der Waals surface area contributed by atoms with Crippen LogP contribution in [0.2, 0.25) is 0 Å². The Hall–Kier alpha value is -0.300. The SMILES string of the molecule is CC(C)/C(=C\CN)C1C2CC3CC(C2)CC1C3. The Morgan fingerprint density at radius 2 is 1.59 bits per heavy atom. The lowest BCUT2D eigenvalue weighted by molar-refractivity contribution is -0.0238. The molecular weight excluding hydrogens is 206 g/mol. The van der Waals surface area contributed by atoms with Crippen LogP contribution in [0, 0.1) is 35.5 Å². The van der Waals surface area contributed by atoms with E-state index in [2.05, 4.69) is 19.9 Å². The molecule has 4 bridgehead atoms. The van der Waals surface area contributed by atoms with Crippen LogP contribution in [0.5, 0.6) is 0 Å². The highest BCUT2D eigenvalue weighted by Crippen LogP contribution is 2.58. The summed E-state index contributed by atoms with van der Waals surface area (Å²) in [7, 11) is 0. The summed E-state index contributed by atoms with van der Waals surface area (Å²) in [6.45, 7) is 5.44. The van der Waals surface area contributed by atoms with Gasteiger partial charge in [-0.3, -0.25) is 0 Å². The predicted molar refractivity (Wildman–Crippen MR) is 72.5 cm³/mol. The maximum absolute atomic E-state index is 5.78. The number of hydrogen-bond donors (Lipinski definition) is 1. The van der Waals surface area contributed by atoms with Crippen LogP contribution in [0.25, 0.3) is 0 Å². The van der Waals surface area contributed by atoms with E-state index in [4.69, 9.17) is 5.73 Å². The molecule has 96 valence electrons. The van der Waals surface area contributed by atoms with Crippen molar-refractivity contribution in [3.63, 3.8) is 0 Å². The Balaban J connectivity index is 1.85. The molecule has 1 heteroatoms. The van der Waals surface area contributed by atoms with Gasteiger partial charge in [0.15, 0.2) is 0 Å². The van der Waals surface area contributed by atoms with Gasteiger partial charge in [0.05, 0.1) is 0 Å². The first-order valence-corrected chi connectivity index (χ1v) is 7.59. The van der Waals surface area contributed by atoms with Gasteiger partial charge in [-0.1, -0.05) is 25.5 Å². The lowest BCUT2D eigenvalue weighted by Crippen LogP contribution is -2.46. The Bertz CT molecular complexity index is 287. The molecule has 4 rings (SSSR count). The summed E-state index contributed by atoms with van der Waals surface area (Å²) in [5.41, 5.74) is 7.48. The summed E-state index contributed by atoms with van der Waals surface area (Å²) in [5, 5.41) is 0. The number of rotatable bonds is 3. The Labute approximate surface area is 106 Å². The minimum atomic E-state index is 0.695. The first-order valence-electron chi connectivity index (χ1n) is 7.59. The molecule has 0 aromatic carbocycles. The van der Waals surface area contributed by atoms with Gasteiger partial charge in [-0.15, -0.1) is 0 Å². The van der Waals surface area contributed by atoms with Crippen LogP contribution in [0.1, 0.15) is 46.0 Å². The molecule has 1 nitrogen and oxygen atoms in total. The second kappa shape index (κ2) is 4.42. The summed E-state index contributed by atoms with van der Waals surface area (Å²) in [5.74, 6) is 5.77. The Morgan fingerprint density at radius 3 is 2.00 bits per heavy atom. The monoisotopic (exact) mass is 233 g/mol. The summed E-state index contributed by atoms with van der Waals surface area (Å²) in [6, 6.07) is 0. The molecule has 0 radical (unpaired) electrons. The fraction of sp³-hybridized carbons (Fsp3) is 0.875. The normalized spacial score (nSPS) is 44.7. The molecule has 0 amide bonds. The lowest BCUT2D eigenvalue weighted by atomic mass is 9.50. The van der Waals surface area contributed by atoms with Gasteiger partial charge < -0.3 is 5.73 Å². The van der Waals surface area contributed by atoms with Crippen LogP contribution in [0.15, 0.2) is 11.6 Å². The summed E-state index contributed by atoms with van der Waals surface area (Å²) in [4.78, 5) is 0. The number of hydrogen-bond acceptors (Lipinski definition) is 1. The van der Waals surface area contributed by atoms with Crippen molar-refractivity contribution < 1.29 is 0 Å². The van der Waals surface area contributed by atoms with E-state index in [0.29, 0.717) is 5.92 Å². The van der Waals surface area contributed by atoms with Crippen molar-refractivity contribution in [1.82, 2.24) is 0 Å². The van der Waals surface area contributed by atoms with Gasteiger partial charge in [-0.2, -0.15) is 0 Å². The second-order valence-corrected chi connectivity index (χ2v) is 7.05. The molecular formula is C16H27N. The highest BCUT2D eigenvalue weighted by Gasteiger charge is 2.49. The average molecular weight is 233 g/mol. The van der Waals surface area contributed by atoms with Crippen molar-refractivity contribution >= 4 is 0 Å². The van der Waals surface area contributed by atoms with Gasteiger partial charge in [-0.05, 0) is 67.6 Å². The topological polar surface area (TPSA) is 26.0 Å².